The van der Waals surface area contributed by atoms with Gasteiger partial charge in [-0.25, -0.2) is 9.78 Å². The van der Waals surface area contributed by atoms with Gasteiger partial charge < -0.3 is 19.5 Å². The molecule has 0 radical (unpaired) electrons. The zero-order valence-electron chi connectivity index (χ0n) is 13.5. The maximum atomic E-state index is 12.0. The number of urea groups is 1. The van der Waals surface area contributed by atoms with Crippen molar-refractivity contribution >= 4 is 6.03 Å². The van der Waals surface area contributed by atoms with Crippen molar-refractivity contribution in [1.82, 2.24) is 24.7 Å². The minimum atomic E-state index is -0.0586. The summed E-state index contributed by atoms with van der Waals surface area (Å²) < 4.78 is 8.02. The fourth-order valence-corrected chi connectivity index (χ4v) is 3.38. The Hall–Kier alpha value is -1.60. The summed E-state index contributed by atoms with van der Waals surface area (Å²) in [5.41, 5.74) is 0. The first-order valence-electron chi connectivity index (χ1n) is 7.86. The molecule has 22 heavy (non-hydrogen) atoms. The van der Waals surface area contributed by atoms with E-state index in [4.69, 9.17) is 4.74 Å². The Morgan fingerprint density at radius 1 is 1.55 bits per heavy atom. The summed E-state index contributed by atoms with van der Waals surface area (Å²) in [5.74, 6) is 1.05. The van der Waals surface area contributed by atoms with E-state index in [2.05, 4.69) is 15.2 Å². The maximum absolute atomic E-state index is 12.0. The number of rotatable bonds is 3. The molecule has 0 aromatic carbocycles. The number of nitrogens with zero attached hydrogens (tertiary/aromatic N) is 4. The van der Waals surface area contributed by atoms with Crippen LogP contribution in [-0.4, -0.2) is 70.8 Å². The summed E-state index contributed by atoms with van der Waals surface area (Å²) in [6.45, 7) is 2.38. The van der Waals surface area contributed by atoms with Gasteiger partial charge in [0.2, 0.25) is 0 Å². The molecule has 0 aliphatic carbocycles. The van der Waals surface area contributed by atoms with Gasteiger partial charge in [-0.1, -0.05) is 0 Å². The van der Waals surface area contributed by atoms with Crippen molar-refractivity contribution in [2.45, 2.75) is 37.6 Å². The van der Waals surface area contributed by atoms with Crippen LogP contribution in [0.3, 0.4) is 0 Å². The molecule has 1 aromatic heterocycles. The van der Waals surface area contributed by atoms with E-state index in [9.17, 15) is 4.79 Å². The van der Waals surface area contributed by atoms with Crippen LogP contribution < -0.4 is 5.32 Å². The first-order valence-corrected chi connectivity index (χ1v) is 7.86. The molecule has 2 aliphatic rings. The normalized spacial score (nSPS) is 28.4. The number of aryl methyl sites for hydroxylation is 1. The lowest BCUT2D eigenvalue weighted by atomic mass is 10.0. The van der Waals surface area contributed by atoms with Crippen LogP contribution in [0.1, 0.15) is 18.7 Å². The summed E-state index contributed by atoms with van der Waals surface area (Å²) in [5, 5.41) is 3.09. The van der Waals surface area contributed by atoms with Crippen LogP contribution in [0.5, 0.6) is 0 Å². The van der Waals surface area contributed by atoms with Gasteiger partial charge in [0.15, 0.2) is 0 Å². The lowest BCUT2D eigenvalue weighted by Crippen LogP contribution is -2.50. The van der Waals surface area contributed by atoms with Crippen molar-refractivity contribution in [3.05, 3.63) is 18.2 Å². The Bertz CT molecular complexity index is 530. The van der Waals surface area contributed by atoms with Gasteiger partial charge in [-0.2, -0.15) is 0 Å². The molecule has 2 unspecified atom stereocenters. The molecule has 3 heterocycles. The minimum Gasteiger partial charge on any atom is -0.374 e. The van der Waals surface area contributed by atoms with Gasteiger partial charge in [0.25, 0.3) is 0 Å². The molecule has 2 aliphatic heterocycles. The fraction of sp³-hybridized carbons (Fsp3) is 0.733. The van der Waals surface area contributed by atoms with E-state index >= 15 is 0 Å². The number of fused-ring (bicyclic) bond motifs is 1. The molecule has 122 valence electrons. The highest BCUT2D eigenvalue weighted by molar-refractivity contribution is 5.74. The molecule has 3 atom stereocenters. The van der Waals surface area contributed by atoms with Gasteiger partial charge >= 0.3 is 6.03 Å². The highest BCUT2D eigenvalue weighted by Crippen LogP contribution is 2.30. The van der Waals surface area contributed by atoms with Crippen molar-refractivity contribution in [3.8, 4) is 0 Å². The highest BCUT2D eigenvalue weighted by Gasteiger charge is 2.44. The number of ether oxygens (including phenoxy) is 1. The van der Waals surface area contributed by atoms with Crippen molar-refractivity contribution in [2.24, 2.45) is 7.05 Å². The first kappa shape index (κ1) is 15.3. The summed E-state index contributed by atoms with van der Waals surface area (Å²) in [6.07, 6.45) is 6.06. The summed E-state index contributed by atoms with van der Waals surface area (Å²) in [6, 6.07) is 0.343. The summed E-state index contributed by atoms with van der Waals surface area (Å²) in [4.78, 5) is 20.4. The molecule has 3 rings (SSSR count). The van der Waals surface area contributed by atoms with Gasteiger partial charge in [0, 0.05) is 52.7 Å². The number of hydrogen-bond acceptors (Lipinski definition) is 4. The number of aromatic nitrogens is 2. The van der Waals surface area contributed by atoms with E-state index in [1.54, 1.807) is 19.0 Å². The number of imidazole rings is 1. The Morgan fingerprint density at radius 3 is 3.05 bits per heavy atom. The monoisotopic (exact) mass is 307 g/mol. The fourth-order valence-electron chi connectivity index (χ4n) is 3.38. The van der Waals surface area contributed by atoms with E-state index in [0.717, 1.165) is 38.4 Å². The average Bonchev–Trinajstić information content (AvgIpc) is 3.05. The van der Waals surface area contributed by atoms with E-state index < -0.39 is 0 Å². The number of carbonyl (C=O) groups excluding carboxylic acids is 1. The zero-order chi connectivity index (χ0) is 15.7. The first-order chi connectivity index (χ1) is 10.6. The molecule has 0 saturated carbocycles. The summed E-state index contributed by atoms with van der Waals surface area (Å²) in [7, 11) is 5.53. The third kappa shape index (κ3) is 2.96. The third-order valence-corrected chi connectivity index (χ3v) is 4.61. The third-order valence-electron chi connectivity index (χ3n) is 4.61. The molecule has 7 heteroatoms. The van der Waals surface area contributed by atoms with Crippen LogP contribution in [0.15, 0.2) is 12.4 Å². The molecular formula is C15H25N5O2. The number of amides is 2. The van der Waals surface area contributed by atoms with Gasteiger partial charge in [0.05, 0.1) is 18.7 Å². The predicted molar refractivity (Wildman–Crippen MR) is 82.4 cm³/mol. The van der Waals surface area contributed by atoms with Crippen molar-refractivity contribution in [1.29, 1.82) is 0 Å². The van der Waals surface area contributed by atoms with Crippen molar-refractivity contribution < 1.29 is 9.53 Å². The molecule has 0 spiro atoms. The molecule has 0 bridgehead atoms. The topological polar surface area (TPSA) is 62.6 Å². The smallest absolute Gasteiger partial charge is 0.317 e. The SMILES string of the molecule is CN(C)C(=O)N[C@@H]1CN(Cc2nccn2C)C2CCCOC21. The van der Waals surface area contributed by atoms with Gasteiger partial charge in [-0.15, -0.1) is 0 Å². The van der Waals surface area contributed by atoms with Crippen LogP contribution in [0, 0.1) is 0 Å². The molecule has 1 N–H and O–H groups in total. The average molecular weight is 307 g/mol. The second-order valence-electron chi connectivity index (χ2n) is 6.38. The van der Waals surface area contributed by atoms with Crippen molar-refractivity contribution in [2.75, 3.05) is 27.2 Å². The van der Waals surface area contributed by atoms with Gasteiger partial charge in [0.1, 0.15) is 5.82 Å². The number of nitrogens with one attached hydrogen (secondary N) is 1. The predicted octanol–water partition coefficient (Wildman–Crippen LogP) is 0.423. The maximum Gasteiger partial charge on any atom is 0.317 e. The lowest BCUT2D eigenvalue weighted by Gasteiger charge is -2.32. The van der Waals surface area contributed by atoms with E-state index in [1.807, 2.05) is 24.0 Å². The number of carbonyl (C=O) groups is 1. The molecule has 7 nitrogen and oxygen atoms in total. The molecule has 2 saturated heterocycles. The largest absolute Gasteiger partial charge is 0.374 e. The Labute approximate surface area is 131 Å². The van der Waals surface area contributed by atoms with Gasteiger partial charge in [-0.05, 0) is 12.8 Å². The van der Waals surface area contributed by atoms with Crippen LogP contribution >= 0.6 is 0 Å². The highest BCUT2D eigenvalue weighted by atomic mass is 16.5. The molecule has 1 aromatic rings. The van der Waals surface area contributed by atoms with E-state index in [0.29, 0.717) is 6.04 Å². The van der Waals surface area contributed by atoms with Gasteiger partial charge in [-0.3, -0.25) is 4.90 Å². The second kappa shape index (κ2) is 6.26. The van der Waals surface area contributed by atoms with E-state index in [1.165, 1.54) is 0 Å². The quantitative estimate of drug-likeness (QED) is 0.879. The zero-order valence-corrected chi connectivity index (χ0v) is 13.5. The van der Waals surface area contributed by atoms with Crippen molar-refractivity contribution in [3.63, 3.8) is 0 Å². The molecular weight excluding hydrogens is 282 g/mol. The van der Waals surface area contributed by atoms with Crippen LogP contribution in [0.2, 0.25) is 0 Å². The van der Waals surface area contributed by atoms with E-state index in [-0.39, 0.29) is 18.2 Å². The molecule has 2 fully saturated rings. The van der Waals surface area contributed by atoms with Crippen LogP contribution in [-0.2, 0) is 18.3 Å². The number of likely N-dealkylation sites (tertiary alicyclic amines) is 1. The van der Waals surface area contributed by atoms with Crippen LogP contribution in [0.4, 0.5) is 4.79 Å². The Morgan fingerprint density at radius 2 is 2.36 bits per heavy atom. The lowest BCUT2D eigenvalue weighted by molar-refractivity contribution is -0.0211. The summed E-state index contributed by atoms with van der Waals surface area (Å²) >= 11 is 0. The standard InChI is InChI=1S/C15H25N5O2/c1-18(2)15(21)17-11-9-20(10-13-16-6-7-19(13)3)12-5-4-8-22-14(11)12/h6-7,11-12,14H,4-5,8-10H2,1-3H3,(H,17,21)/t11-,12?,14?/m1/s1. The Balaban J connectivity index is 1.71. The molecule has 2 amide bonds. The van der Waals surface area contributed by atoms with Crippen LogP contribution in [0.25, 0.3) is 0 Å². The minimum absolute atomic E-state index is 0.0421. The second-order valence-corrected chi connectivity index (χ2v) is 6.38. The number of hydrogen-bond donors (Lipinski definition) is 1. The Kier molecular flexibility index (Phi) is 4.35.